The summed E-state index contributed by atoms with van der Waals surface area (Å²) < 4.78 is 6.00. The van der Waals surface area contributed by atoms with Gasteiger partial charge in [-0.25, -0.2) is 0 Å². The Morgan fingerprint density at radius 3 is 2.59 bits per heavy atom. The maximum absolute atomic E-state index is 12.7. The zero-order chi connectivity index (χ0) is 20.8. The van der Waals surface area contributed by atoms with Gasteiger partial charge in [0, 0.05) is 36.1 Å². The molecule has 0 radical (unpaired) electrons. The van der Waals surface area contributed by atoms with E-state index in [-0.39, 0.29) is 5.91 Å². The topological polar surface area (TPSA) is 54.5 Å². The van der Waals surface area contributed by atoms with Crippen molar-refractivity contribution >= 4 is 5.91 Å². The molecule has 1 aliphatic heterocycles. The summed E-state index contributed by atoms with van der Waals surface area (Å²) >= 11 is 0. The predicted octanol–water partition coefficient (Wildman–Crippen LogP) is 4.13. The third-order valence-electron chi connectivity index (χ3n) is 5.83. The van der Waals surface area contributed by atoms with Crippen LogP contribution in [0.4, 0.5) is 0 Å². The van der Waals surface area contributed by atoms with E-state index in [1.165, 1.54) is 12.8 Å². The zero-order valence-electron chi connectivity index (χ0n) is 18.1. The van der Waals surface area contributed by atoms with Gasteiger partial charge < -0.3 is 10.1 Å². The molecule has 156 valence electrons. The molecule has 1 aliphatic rings. The summed E-state index contributed by atoms with van der Waals surface area (Å²) in [5, 5.41) is 3.11. The second-order valence-electron chi connectivity index (χ2n) is 8.37. The van der Waals surface area contributed by atoms with Crippen LogP contribution in [0.25, 0.3) is 0 Å². The normalized spacial score (nSPS) is 16.4. The Hall–Kier alpha value is -2.40. The van der Waals surface area contributed by atoms with E-state index in [1.807, 2.05) is 38.1 Å². The number of carbonyl (C=O) groups excluding carboxylic acids is 1. The Morgan fingerprint density at radius 2 is 1.97 bits per heavy atom. The molecule has 5 nitrogen and oxygen atoms in total. The van der Waals surface area contributed by atoms with Gasteiger partial charge in [0.05, 0.1) is 0 Å². The Labute approximate surface area is 174 Å². The molecule has 1 aromatic carbocycles. The van der Waals surface area contributed by atoms with Gasteiger partial charge in [-0.15, -0.1) is 0 Å². The van der Waals surface area contributed by atoms with Gasteiger partial charge in [-0.1, -0.05) is 13.0 Å². The molecule has 1 fully saturated rings. The van der Waals surface area contributed by atoms with Crippen molar-refractivity contribution in [3.63, 3.8) is 0 Å². The van der Waals surface area contributed by atoms with Gasteiger partial charge in [-0.3, -0.25) is 14.7 Å². The smallest absolute Gasteiger partial charge is 0.251 e. The first-order valence-electron chi connectivity index (χ1n) is 10.6. The van der Waals surface area contributed by atoms with Crippen LogP contribution in [0.3, 0.4) is 0 Å². The average molecular weight is 396 g/mol. The Kier molecular flexibility index (Phi) is 7.26. The fourth-order valence-electron chi connectivity index (χ4n) is 3.89. The van der Waals surface area contributed by atoms with Crippen molar-refractivity contribution in [3.05, 3.63) is 58.9 Å². The predicted molar refractivity (Wildman–Crippen MR) is 116 cm³/mol. The summed E-state index contributed by atoms with van der Waals surface area (Å²) in [6.45, 7) is 11.9. The minimum absolute atomic E-state index is 0.0211. The second-order valence-corrected chi connectivity index (χ2v) is 8.37. The number of carbonyl (C=O) groups is 1. The lowest BCUT2D eigenvalue weighted by atomic mass is 9.98. The molecule has 0 spiro atoms. The molecule has 5 heteroatoms. The summed E-state index contributed by atoms with van der Waals surface area (Å²) in [7, 11) is 0. The van der Waals surface area contributed by atoms with Crippen molar-refractivity contribution in [3.8, 4) is 5.75 Å². The van der Waals surface area contributed by atoms with Crippen molar-refractivity contribution in [2.45, 2.75) is 53.2 Å². The molecule has 29 heavy (non-hydrogen) atoms. The van der Waals surface area contributed by atoms with Crippen molar-refractivity contribution in [1.29, 1.82) is 0 Å². The van der Waals surface area contributed by atoms with Crippen LogP contribution in [-0.2, 0) is 6.61 Å². The monoisotopic (exact) mass is 395 g/mol. The zero-order valence-corrected chi connectivity index (χ0v) is 18.1. The highest BCUT2D eigenvalue weighted by molar-refractivity contribution is 5.94. The standard InChI is InChI=1S/C24H33N3O2/c1-17-7-10-27(11-8-17)20(4)14-26-24(28)22-12-18(2)23(19(3)13-22)29-16-21-6-5-9-25-15-21/h5-6,9,12-13,15,17,20H,7-8,10-11,14,16H2,1-4H3,(H,26,28). The first-order valence-corrected chi connectivity index (χ1v) is 10.6. The lowest BCUT2D eigenvalue weighted by molar-refractivity contribution is 0.0921. The maximum atomic E-state index is 12.7. The summed E-state index contributed by atoms with van der Waals surface area (Å²) in [6.07, 6.45) is 6.05. The molecular weight excluding hydrogens is 362 g/mol. The maximum Gasteiger partial charge on any atom is 0.251 e. The highest BCUT2D eigenvalue weighted by atomic mass is 16.5. The number of nitrogens with zero attached hydrogens (tertiary/aromatic N) is 2. The number of nitrogens with one attached hydrogen (secondary N) is 1. The van der Waals surface area contributed by atoms with E-state index in [2.05, 4.69) is 29.0 Å². The van der Waals surface area contributed by atoms with Crippen LogP contribution in [0.2, 0.25) is 0 Å². The van der Waals surface area contributed by atoms with E-state index >= 15 is 0 Å². The molecule has 0 bridgehead atoms. The first kappa shape index (κ1) is 21.3. The van der Waals surface area contributed by atoms with Gasteiger partial charge in [-0.2, -0.15) is 0 Å². The quantitative estimate of drug-likeness (QED) is 0.766. The number of aromatic nitrogens is 1. The van der Waals surface area contributed by atoms with Gasteiger partial charge in [-0.05, 0) is 81.9 Å². The number of ether oxygens (including phenoxy) is 1. The fraction of sp³-hybridized carbons (Fsp3) is 0.500. The van der Waals surface area contributed by atoms with E-state index in [0.717, 1.165) is 41.4 Å². The number of rotatable bonds is 7. The first-order chi connectivity index (χ1) is 13.9. The number of piperidine rings is 1. The van der Waals surface area contributed by atoms with Crippen LogP contribution < -0.4 is 10.1 Å². The van der Waals surface area contributed by atoms with E-state index < -0.39 is 0 Å². The van der Waals surface area contributed by atoms with Gasteiger partial charge >= 0.3 is 0 Å². The molecule has 3 rings (SSSR count). The van der Waals surface area contributed by atoms with Gasteiger partial charge in [0.15, 0.2) is 0 Å². The van der Waals surface area contributed by atoms with E-state index in [9.17, 15) is 4.79 Å². The third-order valence-corrected chi connectivity index (χ3v) is 5.83. The van der Waals surface area contributed by atoms with Crippen molar-refractivity contribution in [1.82, 2.24) is 15.2 Å². The van der Waals surface area contributed by atoms with Gasteiger partial charge in [0.2, 0.25) is 0 Å². The lowest BCUT2D eigenvalue weighted by Crippen LogP contribution is -2.45. The van der Waals surface area contributed by atoms with Crippen LogP contribution in [0, 0.1) is 19.8 Å². The molecule has 0 saturated carbocycles. The van der Waals surface area contributed by atoms with Crippen molar-refractivity contribution in [2.75, 3.05) is 19.6 Å². The van der Waals surface area contributed by atoms with Gasteiger partial charge in [0.1, 0.15) is 12.4 Å². The lowest BCUT2D eigenvalue weighted by Gasteiger charge is -2.35. The van der Waals surface area contributed by atoms with Crippen molar-refractivity contribution < 1.29 is 9.53 Å². The average Bonchev–Trinajstić information content (AvgIpc) is 2.72. The van der Waals surface area contributed by atoms with Crippen LogP contribution in [0.15, 0.2) is 36.7 Å². The number of pyridine rings is 1. The van der Waals surface area contributed by atoms with E-state index in [0.29, 0.717) is 24.8 Å². The number of hydrogen-bond donors (Lipinski definition) is 1. The highest BCUT2D eigenvalue weighted by Gasteiger charge is 2.21. The Bertz CT molecular complexity index is 791. The molecule has 1 unspecified atom stereocenters. The number of amides is 1. The molecule has 1 saturated heterocycles. The van der Waals surface area contributed by atoms with E-state index in [1.54, 1.807) is 12.4 Å². The molecular formula is C24H33N3O2. The number of benzene rings is 1. The van der Waals surface area contributed by atoms with E-state index in [4.69, 9.17) is 4.74 Å². The minimum Gasteiger partial charge on any atom is -0.488 e. The number of aryl methyl sites for hydroxylation is 2. The number of likely N-dealkylation sites (tertiary alicyclic amines) is 1. The largest absolute Gasteiger partial charge is 0.488 e. The summed E-state index contributed by atoms with van der Waals surface area (Å²) in [4.78, 5) is 19.3. The van der Waals surface area contributed by atoms with Crippen LogP contribution in [-0.4, -0.2) is 41.5 Å². The molecule has 0 aliphatic carbocycles. The number of hydrogen-bond acceptors (Lipinski definition) is 4. The van der Waals surface area contributed by atoms with Crippen molar-refractivity contribution in [2.24, 2.45) is 5.92 Å². The second kappa shape index (κ2) is 9.88. The molecule has 1 aromatic heterocycles. The summed E-state index contributed by atoms with van der Waals surface area (Å²) in [5.74, 6) is 1.63. The minimum atomic E-state index is -0.0211. The summed E-state index contributed by atoms with van der Waals surface area (Å²) in [6, 6.07) is 8.07. The molecule has 1 amide bonds. The molecule has 1 N–H and O–H groups in total. The Balaban J connectivity index is 1.56. The summed E-state index contributed by atoms with van der Waals surface area (Å²) in [5.41, 5.74) is 3.65. The Morgan fingerprint density at radius 1 is 1.28 bits per heavy atom. The highest BCUT2D eigenvalue weighted by Crippen LogP contribution is 2.26. The third kappa shape index (κ3) is 5.80. The van der Waals surface area contributed by atoms with Crippen LogP contribution >= 0.6 is 0 Å². The molecule has 2 heterocycles. The SMILES string of the molecule is Cc1cc(C(=O)NCC(C)N2CCC(C)CC2)cc(C)c1OCc1cccnc1. The fourth-order valence-corrected chi connectivity index (χ4v) is 3.89. The van der Waals surface area contributed by atoms with Gasteiger partial charge in [0.25, 0.3) is 5.91 Å². The molecule has 2 aromatic rings. The van der Waals surface area contributed by atoms with Crippen LogP contribution in [0.1, 0.15) is 53.7 Å². The molecule has 1 atom stereocenters. The van der Waals surface area contributed by atoms with Crippen LogP contribution in [0.5, 0.6) is 5.75 Å².